The molecule has 0 bridgehead atoms. The molecule has 7 nitrogen and oxygen atoms in total. The minimum Gasteiger partial charge on any atom is -0.496 e. The van der Waals surface area contributed by atoms with E-state index in [1.165, 1.54) is 18.1 Å². The first-order chi connectivity index (χ1) is 9.86. The van der Waals surface area contributed by atoms with Crippen molar-refractivity contribution in [2.24, 2.45) is 0 Å². The minimum absolute atomic E-state index is 0.510. The zero-order chi connectivity index (χ0) is 13.8. The second kappa shape index (κ2) is 5.74. The third-order valence-corrected chi connectivity index (χ3v) is 3.40. The summed E-state index contributed by atoms with van der Waals surface area (Å²) in [4.78, 5) is 8.36. The summed E-state index contributed by atoms with van der Waals surface area (Å²) in [5.41, 5.74) is 0.801. The molecule has 0 spiro atoms. The molecule has 0 aliphatic carbocycles. The molecule has 3 rings (SSSR count). The lowest BCUT2D eigenvalue weighted by atomic mass is 10.2. The molecule has 0 atom stereocenters. The van der Waals surface area contributed by atoms with Crippen LogP contribution in [0.2, 0.25) is 0 Å². The highest BCUT2D eigenvalue weighted by Gasteiger charge is 2.13. The Morgan fingerprint density at radius 3 is 3.05 bits per heavy atom. The highest BCUT2D eigenvalue weighted by Crippen LogP contribution is 2.28. The monoisotopic (exact) mass is 289 g/mol. The molecule has 8 heteroatoms. The Balaban J connectivity index is 1.76. The van der Waals surface area contributed by atoms with Crippen molar-refractivity contribution >= 4 is 11.8 Å². The first kappa shape index (κ1) is 12.7. The van der Waals surface area contributed by atoms with Gasteiger partial charge in [-0.25, -0.2) is 4.98 Å². The van der Waals surface area contributed by atoms with Crippen LogP contribution < -0.4 is 4.74 Å². The number of benzene rings is 1. The van der Waals surface area contributed by atoms with Crippen LogP contribution in [0.5, 0.6) is 5.75 Å². The Labute approximate surface area is 118 Å². The van der Waals surface area contributed by atoms with Crippen LogP contribution in [-0.4, -0.2) is 32.4 Å². The minimum atomic E-state index is 0.510. The molecule has 0 amide bonds. The van der Waals surface area contributed by atoms with Crippen molar-refractivity contribution in [1.82, 2.24) is 25.3 Å². The number of para-hydroxylation sites is 1. The summed E-state index contributed by atoms with van der Waals surface area (Å²) in [7, 11) is 1.61. The fraction of sp³-hybridized carbons (Fsp3) is 0.167. The number of ether oxygens (including phenoxy) is 1. The van der Waals surface area contributed by atoms with Crippen LogP contribution in [0, 0.1) is 0 Å². The molecule has 1 N–H and O–H groups in total. The predicted molar refractivity (Wildman–Crippen MR) is 72.2 cm³/mol. The average Bonchev–Trinajstić information content (AvgIpc) is 3.16. The molecule has 3 aromatic rings. The number of nitrogens with zero attached hydrogens (tertiary/aromatic N) is 4. The van der Waals surface area contributed by atoms with Crippen LogP contribution in [-0.2, 0) is 5.75 Å². The summed E-state index contributed by atoms with van der Waals surface area (Å²) >= 11 is 1.44. The van der Waals surface area contributed by atoms with Gasteiger partial charge in [0, 0.05) is 0 Å². The second-order valence-corrected chi connectivity index (χ2v) is 4.76. The van der Waals surface area contributed by atoms with Crippen molar-refractivity contribution in [1.29, 1.82) is 0 Å². The average molecular weight is 289 g/mol. The zero-order valence-corrected chi connectivity index (χ0v) is 11.4. The van der Waals surface area contributed by atoms with E-state index in [-0.39, 0.29) is 0 Å². The Hall–Kier alpha value is -2.35. The number of hydrogen-bond donors (Lipinski definition) is 1. The quantitative estimate of drug-likeness (QED) is 0.720. The number of aromatic amines is 1. The normalized spacial score (nSPS) is 10.7. The van der Waals surface area contributed by atoms with Gasteiger partial charge in [0.15, 0.2) is 5.16 Å². The smallest absolute Gasteiger partial charge is 0.237 e. The van der Waals surface area contributed by atoms with Gasteiger partial charge in [0.25, 0.3) is 0 Å². The molecule has 20 heavy (non-hydrogen) atoms. The highest BCUT2D eigenvalue weighted by molar-refractivity contribution is 7.98. The molecule has 0 saturated carbocycles. The van der Waals surface area contributed by atoms with Crippen molar-refractivity contribution in [2.75, 3.05) is 7.11 Å². The zero-order valence-electron chi connectivity index (χ0n) is 10.6. The van der Waals surface area contributed by atoms with Crippen LogP contribution in [0.25, 0.3) is 11.4 Å². The number of rotatable bonds is 5. The summed E-state index contributed by atoms with van der Waals surface area (Å²) in [6.07, 6.45) is 1.45. The summed E-state index contributed by atoms with van der Waals surface area (Å²) < 4.78 is 10.5. The van der Waals surface area contributed by atoms with Gasteiger partial charge >= 0.3 is 0 Å². The summed E-state index contributed by atoms with van der Waals surface area (Å²) in [6, 6.07) is 7.53. The van der Waals surface area contributed by atoms with Gasteiger partial charge in [-0.1, -0.05) is 29.1 Å². The van der Waals surface area contributed by atoms with Gasteiger partial charge < -0.3 is 9.26 Å². The van der Waals surface area contributed by atoms with Crippen molar-refractivity contribution < 1.29 is 9.26 Å². The fourth-order valence-electron chi connectivity index (χ4n) is 1.65. The van der Waals surface area contributed by atoms with E-state index >= 15 is 0 Å². The molecule has 1 aromatic carbocycles. The van der Waals surface area contributed by atoms with Crippen LogP contribution in [0.4, 0.5) is 0 Å². The molecule has 102 valence electrons. The molecule has 0 unspecified atom stereocenters. The topological polar surface area (TPSA) is 89.7 Å². The van der Waals surface area contributed by atoms with Gasteiger partial charge in [-0.05, 0) is 12.1 Å². The highest BCUT2D eigenvalue weighted by atomic mass is 32.2. The van der Waals surface area contributed by atoms with Gasteiger partial charge in [0.05, 0.1) is 18.4 Å². The fourth-order valence-corrected chi connectivity index (χ4v) is 2.26. The maximum absolute atomic E-state index is 5.28. The van der Waals surface area contributed by atoms with E-state index in [4.69, 9.17) is 9.26 Å². The Morgan fingerprint density at radius 1 is 1.35 bits per heavy atom. The van der Waals surface area contributed by atoms with Gasteiger partial charge in [-0.2, -0.15) is 10.1 Å². The Bertz CT molecular complexity index is 683. The molecule has 0 saturated heterocycles. The van der Waals surface area contributed by atoms with Gasteiger partial charge in [0.1, 0.15) is 12.1 Å². The summed E-state index contributed by atoms with van der Waals surface area (Å²) in [5.74, 6) is 2.27. The third-order valence-electron chi connectivity index (χ3n) is 2.54. The first-order valence-electron chi connectivity index (χ1n) is 5.81. The van der Waals surface area contributed by atoms with E-state index in [0.717, 1.165) is 5.56 Å². The van der Waals surface area contributed by atoms with E-state index in [0.29, 0.717) is 28.4 Å². The third kappa shape index (κ3) is 2.64. The molecule has 0 aliphatic heterocycles. The van der Waals surface area contributed by atoms with E-state index < -0.39 is 0 Å². The molecular formula is C12H11N5O2S. The molecule has 2 heterocycles. The Morgan fingerprint density at radius 2 is 2.25 bits per heavy atom. The maximum Gasteiger partial charge on any atom is 0.237 e. The lowest BCUT2D eigenvalue weighted by Crippen LogP contribution is -1.89. The molecular weight excluding hydrogens is 278 g/mol. The van der Waals surface area contributed by atoms with Gasteiger partial charge in [-0.3, -0.25) is 5.10 Å². The molecule has 0 fully saturated rings. The van der Waals surface area contributed by atoms with E-state index in [2.05, 4.69) is 25.3 Å². The van der Waals surface area contributed by atoms with Crippen molar-refractivity contribution in [3.05, 3.63) is 36.5 Å². The molecule has 2 aromatic heterocycles. The Kier molecular flexibility index (Phi) is 3.64. The first-order valence-corrected chi connectivity index (χ1v) is 6.79. The standard InChI is InChI=1S/C12H11N5O2S/c1-18-9-5-3-2-4-8(9)11-15-10(19-17-11)6-20-12-13-7-14-16-12/h2-5,7H,6H2,1H3,(H,13,14,16). The molecule has 0 aliphatic rings. The number of hydrogen-bond acceptors (Lipinski definition) is 7. The van der Waals surface area contributed by atoms with Crippen LogP contribution in [0.15, 0.2) is 40.3 Å². The maximum atomic E-state index is 5.28. The summed E-state index contributed by atoms with van der Waals surface area (Å²) in [5, 5.41) is 11.2. The van der Waals surface area contributed by atoms with Crippen LogP contribution >= 0.6 is 11.8 Å². The number of H-pyrrole nitrogens is 1. The number of nitrogens with one attached hydrogen (secondary N) is 1. The molecule has 0 radical (unpaired) electrons. The van der Waals surface area contributed by atoms with Crippen molar-refractivity contribution in [3.8, 4) is 17.1 Å². The van der Waals surface area contributed by atoms with Gasteiger partial charge in [-0.15, -0.1) is 0 Å². The summed E-state index contributed by atoms with van der Waals surface area (Å²) in [6.45, 7) is 0. The van der Waals surface area contributed by atoms with Crippen molar-refractivity contribution in [3.63, 3.8) is 0 Å². The van der Waals surface area contributed by atoms with Crippen molar-refractivity contribution in [2.45, 2.75) is 10.9 Å². The lowest BCUT2D eigenvalue weighted by Gasteiger charge is -2.02. The van der Waals surface area contributed by atoms with E-state index in [9.17, 15) is 0 Å². The number of aromatic nitrogens is 5. The van der Waals surface area contributed by atoms with Crippen LogP contribution in [0.3, 0.4) is 0 Å². The lowest BCUT2D eigenvalue weighted by molar-refractivity contribution is 0.390. The SMILES string of the molecule is COc1ccccc1-c1noc(CSc2ncn[nH]2)n1. The number of methoxy groups -OCH3 is 1. The largest absolute Gasteiger partial charge is 0.496 e. The predicted octanol–water partition coefficient (Wildman–Crippen LogP) is 2.16. The van der Waals surface area contributed by atoms with Crippen LogP contribution in [0.1, 0.15) is 5.89 Å². The second-order valence-electron chi connectivity index (χ2n) is 3.79. The van der Waals surface area contributed by atoms with E-state index in [1.54, 1.807) is 7.11 Å². The van der Waals surface area contributed by atoms with Gasteiger partial charge in [0.2, 0.25) is 11.7 Å². The van der Waals surface area contributed by atoms with E-state index in [1.807, 2.05) is 24.3 Å². The number of thioether (sulfide) groups is 1.